The van der Waals surface area contributed by atoms with E-state index in [-0.39, 0.29) is 6.10 Å². The summed E-state index contributed by atoms with van der Waals surface area (Å²) in [4.78, 5) is 4.45. The zero-order valence-electron chi connectivity index (χ0n) is 12.2. The molecule has 2 heterocycles. The first-order valence-corrected chi connectivity index (χ1v) is 7.82. The topological polar surface area (TPSA) is 68.4 Å². The Labute approximate surface area is 119 Å². The molecular formula is C15H24N2O3. The van der Waals surface area contributed by atoms with E-state index in [9.17, 15) is 5.11 Å². The maximum absolute atomic E-state index is 10.2. The molecule has 1 aromatic rings. The van der Waals surface area contributed by atoms with Crippen LogP contribution in [0.4, 0.5) is 0 Å². The summed E-state index contributed by atoms with van der Waals surface area (Å²) in [7, 11) is 0. The molecule has 1 aliphatic heterocycles. The average Bonchev–Trinajstić information content (AvgIpc) is 3.11. The van der Waals surface area contributed by atoms with E-state index < -0.39 is 5.60 Å². The Kier molecular flexibility index (Phi) is 4.08. The summed E-state index contributed by atoms with van der Waals surface area (Å²) in [5, 5.41) is 14.3. The Bertz CT molecular complexity index is 434. The van der Waals surface area contributed by atoms with Crippen LogP contribution in [0.25, 0.3) is 0 Å². The van der Waals surface area contributed by atoms with Crippen LogP contribution in [0, 0.1) is 5.92 Å². The lowest BCUT2D eigenvalue weighted by molar-refractivity contribution is -0.0770. The van der Waals surface area contributed by atoms with Crippen molar-refractivity contribution in [1.82, 2.24) is 10.1 Å². The average molecular weight is 280 g/mol. The van der Waals surface area contributed by atoms with E-state index in [2.05, 4.69) is 10.1 Å². The van der Waals surface area contributed by atoms with E-state index in [4.69, 9.17) is 9.26 Å². The fourth-order valence-corrected chi connectivity index (χ4v) is 3.35. The van der Waals surface area contributed by atoms with Gasteiger partial charge in [0, 0.05) is 6.61 Å². The van der Waals surface area contributed by atoms with Crippen molar-refractivity contribution in [2.75, 3.05) is 6.61 Å². The number of nitrogens with zero attached hydrogens (tertiary/aromatic N) is 2. The SMILES string of the molecule is CC1(c2noc(CC(O)C3CCCC3)n2)CCCCO1. The van der Waals surface area contributed by atoms with Gasteiger partial charge in [0.2, 0.25) is 11.7 Å². The van der Waals surface area contributed by atoms with Crippen LogP contribution in [0.2, 0.25) is 0 Å². The molecule has 5 nitrogen and oxygen atoms in total. The van der Waals surface area contributed by atoms with Gasteiger partial charge in [0.15, 0.2) is 0 Å². The van der Waals surface area contributed by atoms with E-state index in [0.29, 0.717) is 24.1 Å². The molecule has 0 aromatic carbocycles. The van der Waals surface area contributed by atoms with E-state index in [1.54, 1.807) is 0 Å². The van der Waals surface area contributed by atoms with Crippen molar-refractivity contribution in [2.24, 2.45) is 5.92 Å². The van der Waals surface area contributed by atoms with Crippen molar-refractivity contribution in [2.45, 2.75) is 70.0 Å². The first-order valence-electron chi connectivity index (χ1n) is 7.82. The number of hydrogen-bond donors (Lipinski definition) is 1. The lowest BCUT2D eigenvalue weighted by atomic mass is 9.95. The van der Waals surface area contributed by atoms with Crippen LogP contribution in [-0.4, -0.2) is 28.0 Å². The maximum Gasteiger partial charge on any atom is 0.229 e. The highest BCUT2D eigenvalue weighted by molar-refractivity contribution is 5.01. The van der Waals surface area contributed by atoms with Crippen LogP contribution in [0.1, 0.15) is 63.6 Å². The fourth-order valence-electron chi connectivity index (χ4n) is 3.35. The minimum absolute atomic E-state index is 0.356. The Morgan fingerprint density at radius 2 is 2.10 bits per heavy atom. The van der Waals surface area contributed by atoms with Crippen molar-refractivity contribution in [1.29, 1.82) is 0 Å². The van der Waals surface area contributed by atoms with E-state index in [1.165, 1.54) is 12.8 Å². The van der Waals surface area contributed by atoms with Crippen LogP contribution in [0.15, 0.2) is 4.52 Å². The minimum Gasteiger partial charge on any atom is -0.392 e. The lowest BCUT2D eigenvalue weighted by Crippen LogP contribution is -2.31. The quantitative estimate of drug-likeness (QED) is 0.918. The summed E-state index contributed by atoms with van der Waals surface area (Å²) in [6.45, 7) is 2.78. The summed E-state index contributed by atoms with van der Waals surface area (Å²) in [6, 6.07) is 0. The molecule has 2 fully saturated rings. The minimum atomic E-state index is -0.418. The van der Waals surface area contributed by atoms with Gasteiger partial charge in [-0.3, -0.25) is 0 Å². The molecular weight excluding hydrogens is 256 g/mol. The highest BCUT2D eigenvalue weighted by Crippen LogP contribution is 2.33. The molecule has 1 N–H and O–H groups in total. The first kappa shape index (κ1) is 14.0. The monoisotopic (exact) mass is 280 g/mol. The summed E-state index contributed by atoms with van der Waals surface area (Å²) >= 11 is 0. The summed E-state index contributed by atoms with van der Waals surface area (Å²) in [6.07, 6.45) is 7.94. The van der Waals surface area contributed by atoms with Gasteiger partial charge >= 0.3 is 0 Å². The predicted octanol–water partition coefficient (Wildman–Crippen LogP) is 2.58. The Morgan fingerprint density at radius 3 is 2.80 bits per heavy atom. The molecule has 2 atom stereocenters. The van der Waals surface area contributed by atoms with Crippen LogP contribution < -0.4 is 0 Å². The third kappa shape index (κ3) is 2.88. The first-order chi connectivity index (χ1) is 9.67. The van der Waals surface area contributed by atoms with E-state index >= 15 is 0 Å². The second-order valence-electron chi connectivity index (χ2n) is 6.36. The number of rotatable bonds is 4. The van der Waals surface area contributed by atoms with Gasteiger partial charge in [-0.1, -0.05) is 18.0 Å². The summed E-state index contributed by atoms with van der Waals surface area (Å²) in [5.74, 6) is 1.56. The number of ether oxygens (including phenoxy) is 1. The highest BCUT2D eigenvalue weighted by Gasteiger charge is 2.35. The second kappa shape index (κ2) is 5.82. The maximum atomic E-state index is 10.2. The summed E-state index contributed by atoms with van der Waals surface area (Å²) < 4.78 is 11.1. The fraction of sp³-hybridized carbons (Fsp3) is 0.867. The molecule has 2 unspecified atom stereocenters. The predicted molar refractivity (Wildman–Crippen MR) is 73.1 cm³/mol. The van der Waals surface area contributed by atoms with Crippen LogP contribution in [0.3, 0.4) is 0 Å². The molecule has 1 aliphatic carbocycles. The molecule has 0 spiro atoms. The van der Waals surface area contributed by atoms with Gasteiger partial charge in [-0.15, -0.1) is 0 Å². The smallest absolute Gasteiger partial charge is 0.229 e. The molecule has 1 saturated heterocycles. The Hall–Kier alpha value is -0.940. The molecule has 0 bridgehead atoms. The zero-order chi connectivity index (χ0) is 14.0. The highest BCUT2D eigenvalue weighted by atomic mass is 16.5. The third-order valence-corrected chi connectivity index (χ3v) is 4.74. The van der Waals surface area contributed by atoms with Crippen LogP contribution in [-0.2, 0) is 16.8 Å². The van der Waals surface area contributed by atoms with Crippen molar-refractivity contribution in [3.8, 4) is 0 Å². The number of aromatic nitrogens is 2. The number of aliphatic hydroxyl groups excluding tert-OH is 1. The molecule has 3 rings (SSSR count). The Morgan fingerprint density at radius 1 is 1.30 bits per heavy atom. The number of aliphatic hydroxyl groups is 1. The molecule has 20 heavy (non-hydrogen) atoms. The molecule has 5 heteroatoms. The van der Waals surface area contributed by atoms with Crippen LogP contribution in [0.5, 0.6) is 0 Å². The molecule has 1 aromatic heterocycles. The molecule has 112 valence electrons. The van der Waals surface area contributed by atoms with E-state index in [0.717, 1.165) is 38.7 Å². The van der Waals surface area contributed by atoms with Gasteiger partial charge in [-0.25, -0.2) is 0 Å². The summed E-state index contributed by atoms with van der Waals surface area (Å²) in [5.41, 5.74) is -0.418. The van der Waals surface area contributed by atoms with Crippen molar-refractivity contribution < 1.29 is 14.4 Å². The molecule has 1 saturated carbocycles. The molecule has 0 amide bonds. The second-order valence-corrected chi connectivity index (χ2v) is 6.36. The van der Waals surface area contributed by atoms with Crippen molar-refractivity contribution >= 4 is 0 Å². The molecule has 2 aliphatic rings. The molecule has 0 radical (unpaired) electrons. The van der Waals surface area contributed by atoms with Crippen LogP contribution >= 0.6 is 0 Å². The van der Waals surface area contributed by atoms with Gasteiger partial charge < -0.3 is 14.4 Å². The normalized spacial score (nSPS) is 29.7. The van der Waals surface area contributed by atoms with Gasteiger partial charge in [0.05, 0.1) is 12.5 Å². The number of hydrogen-bond acceptors (Lipinski definition) is 5. The van der Waals surface area contributed by atoms with Gasteiger partial charge in [-0.05, 0) is 44.9 Å². The van der Waals surface area contributed by atoms with Crippen molar-refractivity contribution in [3.05, 3.63) is 11.7 Å². The zero-order valence-corrected chi connectivity index (χ0v) is 12.2. The standard InChI is InChI=1S/C15H24N2O3/c1-15(8-4-5-9-19-15)14-16-13(20-17-14)10-12(18)11-6-2-3-7-11/h11-12,18H,2-10H2,1H3. The van der Waals surface area contributed by atoms with Crippen molar-refractivity contribution in [3.63, 3.8) is 0 Å². The lowest BCUT2D eigenvalue weighted by Gasteiger charge is -2.30. The largest absolute Gasteiger partial charge is 0.392 e. The van der Waals surface area contributed by atoms with E-state index in [1.807, 2.05) is 6.92 Å². The third-order valence-electron chi connectivity index (χ3n) is 4.74. The Balaban J connectivity index is 1.64. The van der Waals surface area contributed by atoms with Gasteiger partial charge in [0.25, 0.3) is 0 Å². The van der Waals surface area contributed by atoms with Gasteiger partial charge in [-0.2, -0.15) is 4.98 Å². The van der Waals surface area contributed by atoms with Gasteiger partial charge in [0.1, 0.15) is 5.60 Å².